The van der Waals surface area contributed by atoms with Crippen molar-refractivity contribution in [3.05, 3.63) is 18.2 Å². The van der Waals surface area contributed by atoms with Crippen LogP contribution in [0.4, 0.5) is 5.69 Å². The summed E-state index contributed by atoms with van der Waals surface area (Å²) in [5, 5.41) is 3.11. The number of benzene rings is 1. The van der Waals surface area contributed by atoms with Crippen molar-refractivity contribution >= 4 is 17.5 Å². The maximum atomic E-state index is 12.3. The molecule has 1 aromatic carbocycles. The van der Waals surface area contributed by atoms with Crippen molar-refractivity contribution in [3.8, 4) is 11.5 Å². The molecule has 0 bridgehead atoms. The van der Waals surface area contributed by atoms with Crippen molar-refractivity contribution in [2.75, 3.05) is 18.7 Å². The molecule has 2 aliphatic rings. The van der Waals surface area contributed by atoms with Crippen LogP contribution in [0.5, 0.6) is 11.5 Å². The largest absolute Gasteiger partial charge is 0.454 e. The van der Waals surface area contributed by atoms with E-state index >= 15 is 0 Å². The SMILES string of the molecule is CC(C)CN1C(=O)C[C@H](Nc2ccc3c(c2)OCO3)C1=O. The van der Waals surface area contributed by atoms with Gasteiger partial charge in [-0.2, -0.15) is 0 Å². The van der Waals surface area contributed by atoms with Crippen LogP contribution in [0.1, 0.15) is 20.3 Å². The standard InChI is InChI=1S/C15H18N2O4/c1-9(2)7-17-14(18)6-11(15(17)19)16-10-3-4-12-13(5-10)21-8-20-12/h3-5,9,11,16H,6-8H2,1-2H3/t11-/m0/s1. The lowest BCUT2D eigenvalue weighted by molar-refractivity contribution is -0.139. The summed E-state index contributed by atoms with van der Waals surface area (Å²) >= 11 is 0. The van der Waals surface area contributed by atoms with Gasteiger partial charge in [0.05, 0.1) is 6.42 Å². The first-order valence-corrected chi connectivity index (χ1v) is 7.05. The molecule has 6 heteroatoms. The van der Waals surface area contributed by atoms with Crippen LogP contribution in [0.15, 0.2) is 18.2 Å². The molecule has 1 N–H and O–H groups in total. The van der Waals surface area contributed by atoms with Crippen molar-refractivity contribution in [2.24, 2.45) is 5.92 Å². The summed E-state index contributed by atoms with van der Waals surface area (Å²) in [5.74, 6) is 1.33. The third-order valence-corrected chi connectivity index (χ3v) is 3.51. The van der Waals surface area contributed by atoms with E-state index in [0.717, 1.165) is 5.69 Å². The van der Waals surface area contributed by atoms with Crippen LogP contribution in [-0.4, -0.2) is 36.1 Å². The summed E-state index contributed by atoms with van der Waals surface area (Å²) in [6.45, 7) is 4.65. The van der Waals surface area contributed by atoms with E-state index in [1.165, 1.54) is 4.90 Å². The highest BCUT2D eigenvalue weighted by Gasteiger charge is 2.38. The number of hydrogen-bond donors (Lipinski definition) is 1. The Bertz CT molecular complexity index is 585. The Morgan fingerprint density at radius 2 is 2.05 bits per heavy atom. The molecular weight excluding hydrogens is 272 g/mol. The maximum Gasteiger partial charge on any atom is 0.252 e. The number of anilines is 1. The second-order valence-electron chi connectivity index (χ2n) is 5.71. The van der Waals surface area contributed by atoms with Crippen LogP contribution in [-0.2, 0) is 9.59 Å². The van der Waals surface area contributed by atoms with E-state index < -0.39 is 6.04 Å². The van der Waals surface area contributed by atoms with Gasteiger partial charge in [0.25, 0.3) is 5.91 Å². The minimum absolute atomic E-state index is 0.119. The van der Waals surface area contributed by atoms with E-state index in [0.29, 0.717) is 18.0 Å². The van der Waals surface area contributed by atoms with Gasteiger partial charge in [-0.1, -0.05) is 13.8 Å². The van der Waals surface area contributed by atoms with Gasteiger partial charge in [0.1, 0.15) is 6.04 Å². The number of imide groups is 1. The molecule has 0 radical (unpaired) electrons. The zero-order valence-electron chi connectivity index (χ0n) is 12.1. The molecule has 6 nitrogen and oxygen atoms in total. The van der Waals surface area contributed by atoms with E-state index in [9.17, 15) is 9.59 Å². The molecule has 0 aliphatic carbocycles. The highest BCUT2D eigenvalue weighted by atomic mass is 16.7. The van der Waals surface area contributed by atoms with Crippen LogP contribution in [0.3, 0.4) is 0 Å². The lowest BCUT2D eigenvalue weighted by atomic mass is 10.2. The predicted molar refractivity (Wildman–Crippen MR) is 76.2 cm³/mol. The fraction of sp³-hybridized carbons (Fsp3) is 0.467. The maximum absolute atomic E-state index is 12.3. The van der Waals surface area contributed by atoms with Crippen LogP contribution < -0.4 is 14.8 Å². The molecule has 112 valence electrons. The monoisotopic (exact) mass is 290 g/mol. The summed E-state index contributed by atoms with van der Waals surface area (Å²) in [5.41, 5.74) is 0.747. The Balaban J connectivity index is 1.71. The van der Waals surface area contributed by atoms with Gasteiger partial charge < -0.3 is 14.8 Å². The summed E-state index contributed by atoms with van der Waals surface area (Å²) < 4.78 is 10.5. The third kappa shape index (κ3) is 2.66. The highest BCUT2D eigenvalue weighted by molar-refractivity contribution is 6.06. The van der Waals surface area contributed by atoms with Gasteiger partial charge in [0, 0.05) is 18.3 Å². The summed E-state index contributed by atoms with van der Waals surface area (Å²) in [6.07, 6.45) is 0.194. The second-order valence-corrected chi connectivity index (χ2v) is 5.71. The Morgan fingerprint density at radius 3 is 2.81 bits per heavy atom. The fourth-order valence-corrected chi connectivity index (χ4v) is 2.54. The number of nitrogens with zero attached hydrogens (tertiary/aromatic N) is 1. The number of nitrogens with one attached hydrogen (secondary N) is 1. The van der Waals surface area contributed by atoms with Crippen molar-refractivity contribution in [3.63, 3.8) is 0 Å². The van der Waals surface area contributed by atoms with E-state index in [-0.39, 0.29) is 30.9 Å². The molecule has 0 aromatic heterocycles. The predicted octanol–water partition coefficient (Wildman–Crippen LogP) is 1.61. The Labute approximate surface area is 123 Å². The number of hydrogen-bond acceptors (Lipinski definition) is 5. The summed E-state index contributed by atoms with van der Waals surface area (Å²) in [4.78, 5) is 25.5. The Kier molecular flexibility index (Phi) is 3.45. The molecule has 3 rings (SSSR count). The molecule has 1 fully saturated rings. The quantitative estimate of drug-likeness (QED) is 0.853. The van der Waals surface area contributed by atoms with Crippen LogP contribution in [0, 0.1) is 5.92 Å². The zero-order chi connectivity index (χ0) is 15.0. The van der Waals surface area contributed by atoms with Gasteiger partial charge in [0.2, 0.25) is 12.7 Å². The minimum Gasteiger partial charge on any atom is -0.454 e. The molecule has 2 heterocycles. The molecule has 0 spiro atoms. The second kappa shape index (κ2) is 5.27. The van der Waals surface area contributed by atoms with E-state index in [1.807, 2.05) is 19.9 Å². The first-order valence-electron chi connectivity index (χ1n) is 7.05. The molecule has 0 unspecified atom stereocenters. The smallest absolute Gasteiger partial charge is 0.252 e. The molecular formula is C15H18N2O4. The van der Waals surface area contributed by atoms with Gasteiger partial charge in [-0.05, 0) is 18.1 Å². The van der Waals surface area contributed by atoms with Gasteiger partial charge in [0.15, 0.2) is 11.5 Å². The number of fused-ring (bicyclic) bond motifs is 1. The molecule has 1 atom stereocenters. The number of carbonyl (C=O) groups excluding carboxylic acids is 2. The van der Waals surface area contributed by atoms with E-state index in [2.05, 4.69) is 5.32 Å². The minimum atomic E-state index is -0.503. The van der Waals surface area contributed by atoms with Gasteiger partial charge in [-0.15, -0.1) is 0 Å². The number of amides is 2. The van der Waals surface area contributed by atoms with Crippen LogP contribution in [0.25, 0.3) is 0 Å². The molecule has 1 saturated heterocycles. The average Bonchev–Trinajstić information content (AvgIpc) is 2.98. The van der Waals surface area contributed by atoms with Crippen molar-refractivity contribution in [2.45, 2.75) is 26.3 Å². The van der Waals surface area contributed by atoms with Crippen LogP contribution >= 0.6 is 0 Å². The van der Waals surface area contributed by atoms with Gasteiger partial charge in [-0.25, -0.2) is 0 Å². The van der Waals surface area contributed by atoms with Crippen molar-refractivity contribution < 1.29 is 19.1 Å². The lowest BCUT2D eigenvalue weighted by Crippen LogP contribution is -2.37. The normalized spacial score (nSPS) is 20.5. The number of carbonyl (C=O) groups is 2. The van der Waals surface area contributed by atoms with E-state index in [4.69, 9.17) is 9.47 Å². The Hall–Kier alpha value is -2.24. The van der Waals surface area contributed by atoms with Gasteiger partial charge >= 0.3 is 0 Å². The zero-order valence-corrected chi connectivity index (χ0v) is 12.1. The topological polar surface area (TPSA) is 67.9 Å². The number of likely N-dealkylation sites (tertiary alicyclic amines) is 1. The fourth-order valence-electron chi connectivity index (χ4n) is 2.54. The first-order chi connectivity index (χ1) is 10.0. The molecule has 0 saturated carbocycles. The lowest BCUT2D eigenvalue weighted by Gasteiger charge is -2.17. The molecule has 2 amide bonds. The van der Waals surface area contributed by atoms with Gasteiger partial charge in [-0.3, -0.25) is 14.5 Å². The molecule has 1 aromatic rings. The van der Waals surface area contributed by atoms with Crippen LogP contribution in [0.2, 0.25) is 0 Å². The number of rotatable bonds is 4. The molecule has 2 aliphatic heterocycles. The van der Waals surface area contributed by atoms with Crippen molar-refractivity contribution in [1.82, 2.24) is 4.90 Å². The summed E-state index contributed by atoms with van der Waals surface area (Å²) in [6, 6.07) is 4.89. The first kappa shape index (κ1) is 13.7. The average molecular weight is 290 g/mol. The van der Waals surface area contributed by atoms with Crippen molar-refractivity contribution in [1.29, 1.82) is 0 Å². The van der Waals surface area contributed by atoms with E-state index in [1.54, 1.807) is 12.1 Å². The highest BCUT2D eigenvalue weighted by Crippen LogP contribution is 2.34. The number of ether oxygens (including phenoxy) is 2. The Morgan fingerprint density at radius 1 is 1.29 bits per heavy atom. The molecule has 21 heavy (non-hydrogen) atoms. The summed E-state index contributed by atoms with van der Waals surface area (Å²) in [7, 11) is 0. The third-order valence-electron chi connectivity index (χ3n) is 3.51.